The van der Waals surface area contributed by atoms with Gasteiger partial charge in [0.2, 0.25) is 0 Å². The van der Waals surface area contributed by atoms with Crippen LogP contribution in [-0.2, 0) is 0 Å². The number of aliphatic imine (C=N–C) groups is 1. The van der Waals surface area contributed by atoms with Crippen LogP contribution in [0.5, 0.6) is 0 Å². The Kier molecular flexibility index (Phi) is 33.2. The fourth-order valence-corrected chi connectivity index (χ4v) is 5.54. The van der Waals surface area contributed by atoms with E-state index < -0.39 is 0 Å². The summed E-state index contributed by atoms with van der Waals surface area (Å²) in [6.07, 6.45) is 1.81. The number of nitrogens with zero attached hydrogens (tertiary/aromatic N) is 5. The summed E-state index contributed by atoms with van der Waals surface area (Å²) in [4.78, 5) is 25.9. The van der Waals surface area contributed by atoms with Crippen molar-refractivity contribution < 1.29 is 0 Å². The SMILES string of the molecule is C.C.C.CC.CC.CC.CC(C)C.CC1=NCCN1c1ccccn1.Cc1ccccc1C.Cc1nc2c(C)c(C)c(C)c(C)c2[nH]1.Cc1nc2cscc2[nH]1. The van der Waals surface area contributed by atoms with E-state index in [4.69, 9.17) is 0 Å². The van der Waals surface area contributed by atoms with Crippen LogP contribution in [0.4, 0.5) is 5.82 Å². The Labute approximate surface area is 349 Å². The molecule has 2 N–H and O–H groups in total. The van der Waals surface area contributed by atoms with Crippen LogP contribution in [0.25, 0.3) is 22.1 Å². The van der Waals surface area contributed by atoms with Crippen molar-refractivity contribution in [2.45, 2.75) is 147 Å². The molecule has 0 spiro atoms. The molecule has 56 heavy (non-hydrogen) atoms. The van der Waals surface area contributed by atoms with Gasteiger partial charge in [-0.15, -0.1) is 11.3 Å². The highest BCUT2D eigenvalue weighted by Crippen LogP contribution is 2.27. The van der Waals surface area contributed by atoms with Gasteiger partial charge in [0, 0.05) is 23.5 Å². The highest BCUT2D eigenvalue weighted by molar-refractivity contribution is 7.09. The summed E-state index contributed by atoms with van der Waals surface area (Å²) in [6.45, 7) is 39.2. The molecule has 2 aromatic carbocycles. The Morgan fingerprint density at radius 3 is 1.57 bits per heavy atom. The Morgan fingerprint density at radius 1 is 0.625 bits per heavy atom. The molecule has 0 bridgehead atoms. The van der Waals surface area contributed by atoms with Gasteiger partial charge in [-0.2, -0.15) is 0 Å². The molecule has 7 nitrogen and oxygen atoms in total. The van der Waals surface area contributed by atoms with E-state index in [0.717, 1.165) is 58.9 Å². The molecule has 4 aromatic heterocycles. The maximum absolute atomic E-state index is 4.52. The van der Waals surface area contributed by atoms with Gasteiger partial charge in [-0.1, -0.05) is 115 Å². The summed E-state index contributed by atoms with van der Waals surface area (Å²) in [5.74, 6) is 4.88. The number of imidazole rings is 2. The molecule has 0 amide bonds. The Morgan fingerprint density at radius 2 is 1.12 bits per heavy atom. The maximum Gasteiger partial charge on any atom is 0.133 e. The molecule has 5 heterocycles. The topological polar surface area (TPSA) is 85.8 Å². The molecule has 6 aromatic rings. The highest BCUT2D eigenvalue weighted by atomic mass is 32.1. The summed E-state index contributed by atoms with van der Waals surface area (Å²) < 4.78 is 0. The van der Waals surface area contributed by atoms with Crippen LogP contribution in [0.15, 0.2) is 64.4 Å². The predicted octanol–water partition coefficient (Wildman–Crippen LogP) is 15.3. The van der Waals surface area contributed by atoms with Crippen LogP contribution in [0.1, 0.15) is 137 Å². The van der Waals surface area contributed by atoms with Crippen LogP contribution in [0.2, 0.25) is 0 Å². The number of aromatic amines is 2. The van der Waals surface area contributed by atoms with Gasteiger partial charge in [-0.05, 0) is 114 Å². The van der Waals surface area contributed by atoms with Gasteiger partial charge in [0.15, 0.2) is 0 Å². The number of aromatic nitrogens is 5. The molecule has 0 saturated carbocycles. The van der Waals surface area contributed by atoms with E-state index in [1.54, 1.807) is 17.5 Å². The smallest absolute Gasteiger partial charge is 0.133 e. The monoisotopic (exact) mass is 790 g/mol. The number of benzene rings is 2. The number of rotatable bonds is 1. The van der Waals surface area contributed by atoms with Crippen LogP contribution in [0.3, 0.4) is 0 Å². The Bertz CT molecular complexity index is 1780. The molecule has 1 aliphatic heterocycles. The van der Waals surface area contributed by atoms with E-state index in [9.17, 15) is 0 Å². The minimum Gasteiger partial charge on any atom is -0.342 e. The van der Waals surface area contributed by atoms with Crippen LogP contribution < -0.4 is 4.90 Å². The lowest BCUT2D eigenvalue weighted by Crippen LogP contribution is -2.25. The van der Waals surface area contributed by atoms with Gasteiger partial charge in [0.1, 0.15) is 23.3 Å². The maximum atomic E-state index is 4.52. The van der Waals surface area contributed by atoms with Crippen molar-refractivity contribution in [1.82, 2.24) is 24.9 Å². The zero-order valence-corrected chi connectivity index (χ0v) is 37.2. The quantitative estimate of drug-likeness (QED) is 0.174. The average molecular weight is 790 g/mol. The number of H-pyrrole nitrogens is 2. The zero-order valence-electron chi connectivity index (χ0n) is 36.4. The predicted molar refractivity (Wildman–Crippen MR) is 259 cm³/mol. The molecule has 0 radical (unpaired) electrons. The molecular weight excluding hydrogens is 707 g/mol. The third kappa shape index (κ3) is 19.0. The van der Waals surface area contributed by atoms with Gasteiger partial charge in [-0.3, -0.25) is 4.99 Å². The van der Waals surface area contributed by atoms with E-state index in [1.807, 2.05) is 85.9 Å². The first-order valence-electron chi connectivity index (χ1n) is 19.3. The molecular formula is C48H83N7S. The van der Waals surface area contributed by atoms with Crippen molar-refractivity contribution in [2.75, 3.05) is 18.0 Å². The molecule has 8 heteroatoms. The minimum absolute atomic E-state index is 0. The lowest BCUT2D eigenvalue weighted by atomic mass is 9.98. The third-order valence-electron chi connectivity index (χ3n) is 7.89. The molecule has 0 atom stereocenters. The molecule has 316 valence electrons. The van der Waals surface area contributed by atoms with Crippen LogP contribution >= 0.6 is 11.3 Å². The van der Waals surface area contributed by atoms with Gasteiger partial charge >= 0.3 is 0 Å². The van der Waals surface area contributed by atoms with E-state index >= 15 is 0 Å². The standard InChI is InChI=1S/C12H16N2.C9H11N3.C8H10.C6H6N2S.C4H10.3C2H6.3CH4/c1-6-7(2)9(4)12-11(8(6)3)13-10(5)14-12;1-8-10-6-7-12(8)9-4-2-3-5-11-9;1-7-5-3-4-6-8(7)2;1-4-7-5-2-9-3-6(5)8-4;1-4(2)3;3*1-2;;;/h1-5H3,(H,13,14);2-5H,6-7H2,1H3;3-6H,1-2H3;2-3H,1H3,(H,7,8);4H,1-3H3;3*1-2H3;3*1H4. The van der Waals surface area contributed by atoms with Gasteiger partial charge < -0.3 is 14.9 Å². The third-order valence-corrected chi connectivity index (χ3v) is 8.62. The van der Waals surface area contributed by atoms with Crippen molar-refractivity contribution in [3.05, 3.63) is 104 Å². The summed E-state index contributed by atoms with van der Waals surface area (Å²) >= 11 is 1.67. The second kappa shape index (κ2) is 31.9. The number of thiophene rings is 1. The molecule has 7 rings (SSSR count). The highest BCUT2D eigenvalue weighted by Gasteiger charge is 2.14. The zero-order chi connectivity index (χ0) is 40.7. The van der Waals surface area contributed by atoms with E-state index in [-0.39, 0.29) is 22.3 Å². The summed E-state index contributed by atoms with van der Waals surface area (Å²) in [7, 11) is 0. The summed E-state index contributed by atoms with van der Waals surface area (Å²) in [5, 5.41) is 4.11. The van der Waals surface area contributed by atoms with Gasteiger partial charge in [0.25, 0.3) is 0 Å². The number of hydrogen-bond donors (Lipinski definition) is 2. The lowest BCUT2D eigenvalue weighted by molar-refractivity contribution is 0.737. The van der Waals surface area contributed by atoms with Crippen molar-refractivity contribution in [3.8, 4) is 0 Å². The second-order valence-corrected chi connectivity index (χ2v) is 13.4. The Hall–Kier alpha value is -4.30. The van der Waals surface area contributed by atoms with Crippen LogP contribution in [-0.4, -0.2) is 43.8 Å². The fraction of sp³-hybridized carbons (Fsp3) is 0.500. The number of anilines is 1. The van der Waals surface area contributed by atoms with Crippen molar-refractivity contribution in [1.29, 1.82) is 0 Å². The van der Waals surface area contributed by atoms with E-state index in [0.29, 0.717) is 0 Å². The van der Waals surface area contributed by atoms with Crippen molar-refractivity contribution in [2.24, 2.45) is 10.9 Å². The number of pyridine rings is 1. The largest absolute Gasteiger partial charge is 0.342 e. The van der Waals surface area contributed by atoms with Crippen molar-refractivity contribution in [3.63, 3.8) is 0 Å². The average Bonchev–Trinajstić information content (AvgIpc) is 3.96. The first-order chi connectivity index (χ1) is 25.3. The number of fused-ring (bicyclic) bond motifs is 2. The van der Waals surface area contributed by atoms with Gasteiger partial charge in [0.05, 0.1) is 28.6 Å². The molecule has 0 saturated heterocycles. The molecule has 0 unspecified atom stereocenters. The summed E-state index contributed by atoms with van der Waals surface area (Å²) in [5.41, 5.74) is 12.7. The second-order valence-electron chi connectivity index (χ2n) is 12.6. The van der Waals surface area contributed by atoms with E-state index in [2.05, 4.69) is 127 Å². The first-order valence-corrected chi connectivity index (χ1v) is 20.3. The molecule has 1 aliphatic rings. The fourth-order valence-electron chi connectivity index (χ4n) is 4.85. The molecule has 0 fully saturated rings. The van der Waals surface area contributed by atoms with Crippen molar-refractivity contribution >= 4 is 45.1 Å². The van der Waals surface area contributed by atoms with Crippen LogP contribution in [0, 0.1) is 61.3 Å². The number of hydrogen-bond acceptors (Lipinski definition) is 6. The minimum atomic E-state index is 0. The van der Waals surface area contributed by atoms with E-state index in [1.165, 1.54) is 38.9 Å². The number of amidine groups is 1. The lowest BCUT2D eigenvalue weighted by Gasteiger charge is -2.15. The summed E-state index contributed by atoms with van der Waals surface area (Å²) in [6, 6.07) is 14.3. The normalized spacial score (nSPS) is 10.3. The first kappa shape index (κ1) is 58.4. The number of nitrogens with one attached hydrogen (secondary N) is 2. The number of aryl methyl sites for hydroxylation is 6. The molecule has 0 aliphatic carbocycles. The van der Waals surface area contributed by atoms with Gasteiger partial charge in [-0.25, -0.2) is 15.0 Å². The Balaban J connectivity index is -0.000000298.